The van der Waals surface area contributed by atoms with Crippen molar-refractivity contribution < 1.29 is 18.9 Å². The molecule has 0 heterocycles. The van der Waals surface area contributed by atoms with Crippen LogP contribution in [0.25, 0.3) is 21.5 Å². The van der Waals surface area contributed by atoms with Crippen LogP contribution in [0.15, 0.2) is 72.8 Å². The van der Waals surface area contributed by atoms with E-state index < -0.39 is 7.38 Å². The fraction of sp³-hybridized carbons (Fsp3) is 0.194. The van der Waals surface area contributed by atoms with Crippen LogP contribution >= 0.6 is 11.1 Å². The summed E-state index contributed by atoms with van der Waals surface area (Å²) < 4.78 is 0. The zero-order valence-electron chi connectivity index (χ0n) is 21.3. The Hall–Kier alpha value is -2.15. The Morgan fingerprint density at radius 1 is 0.559 bits per heavy atom. The van der Waals surface area contributed by atoms with Crippen LogP contribution < -0.4 is 34.4 Å². The van der Waals surface area contributed by atoms with E-state index in [0.717, 1.165) is 0 Å². The van der Waals surface area contributed by atoms with Gasteiger partial charge in [0.15, 0.2) is 0 Å². The van der Waals surface area contributed by atoms with Gasteiger partial charge < -0.3 is 0 Å². The van der Waals surface area contributed by atoms with Crippen LogP contribution in [0, 0.1) is 41.5 Å². The Balaban J connectivity index is 0.00000274. The van der Waals surface area contributed by atoms with Gasteiger partial charge in [-0.15, -0.1) is 33.7 Å². The molecule has 0 spiro atoms. The van der Waals surface area contributed by atoms with E-state index in [4.69, 9.17) is 11.1 Å². The number of rotatable bonds is 3. The molecule has 0 amide bonds. The average molecular weight is 473 g/mol. The SMILES string of the molecule is Cc1cc(C)c([Si](Cl)(c2c(C)cc(C)cc2C)[c-]2c3ccccc3c3ccccc32)c(C)c1.[Li+]. The van der Waals surface area contributed by atoms with Crippen molar-refractivity contribution in [3.8, 4) is 0 Å². The molecule has 166 valence electrons. The Kier molecular flexibility index (Phi) is 6.71. The van der Waals surface area contributed by atoms with E-state index in [1.165, 1.54) is 70.5 Å². The molecule has 0 aliphatic rings. The van der Waals surface area contributed by atoms with Crippen molar-refractivity contribution >= 4 is 55.6 Å². The van der Waals surface area contributed by atoms with Gasteiger partial charge in [0.1, 0.15) is 0 Å². The molecule has 5 rings (SSSR count). The van der Waals surface area contributed by atoms with E-state index in [-0.39, 0.29) is 18.9 Å². The molecule has 0 saturated carbocycles. The van der Waals surface area contributed by atoms with Crippen LogP contribution in [0.2, 0.25) is 0 Å². The molecule has 0 radical (unpaired) electrons. The molecule has 0 atom stereocenters. The molecule has 0 N–H and O–H groups in total. The molecule has 0 bridgehead atoms. The molecule has 0 saturated heterocycles. The van der Waals surface area contributed by atoms with E-state index in [9.17, 15) is 0 Å². The van der Waals surface area contributed by atoms with E-state index in [0.29, 0.717) is 0 Å². The van der Waals surface area contributed by atoms with Crippen LogP contribution in [0.5, 0.6) is 0 Å². The van der Waals surface area contributed by atoms with Crippen molar-refractivity contribution in [1.82, 2.24) is 0 Å². The molecular weight excluding hydrogens is 443 g/mol. The van der Waals surface area contributed by atoms with Crippen molar-refractivity contribution in [3.63, 3.8) is 0 Å². The van der Waals surface area contributed by atoms with Gasteiger partial charge in [0, 0.05) is 0 Å². The minimum Gasteiger partial charge on any atom is -0.159 e. The molecule has 0 unspecified atom stereocenters. The van der Waals surface area contributed by atoms with Gasteiger partial charge in [0.2, 0.25) is 7.38 Å². The summed E-state index contributed by atoms with van der Waals surface area (Å²) in [6.45, 7) is 13.3. The molecule has 3 heteroatoms. The minimum absolute atomic E-state index is 0. The molecule has 0 fully saturated rings. The van der Waals surface area contributed by atoms with Gasteiger partial charge in [-0.3, -0.25) is 0 Å². The molecular formula is C31H30ClLiSi. The number of halogens is 1. The van der Waals surface area contributed by atoms with E-state index in [1.54, 1.807) is 0 Å². The van der Waals surface area contributed by atoms with Crippen molar-refractivity contribution in [2.75, 3.05) is 0 Å². The number of hydrogen-bond donors (Lipinski definition) is 0. The quantitative estimate of drug-likeness (QED) is 0.213. The van der Waals surface area contributed by atoms with Crippen molar-refractivity contribution in [3.05, 3.63) is 106 Å². The van der Waals surface area contributed by atoms with Gasteiger partial charge in [-0.05, 0) is 51.9 Å². The van der Waals surface area contributed by atoms with Crippen LogP contribution in [0.3, 0.4) is 0 Å². The zero-order valence-corrected chi connectivity index (χ0v) is 23.1. The Morgan fingerprint density at radius 2 is 0.882 bits per heavy atom. The third kappa shape index (κ3) is 3.71. The second-order valence-corrected chi connectivity index (χ2v) is 14.2. The first-order valence-electron chi connectivity index (χ1n) is 11.7. The fourth-order valence-corrected chi connectivity index (χ4v) is 13.0. The minimum atomic E-state index is -2.91. The third-order valence-corrected chi connectivity index (χ3v) is 13.0. The van der Waals surface area contributed by atoms with Gasteiger partial charge in [-0.2, -0.15) is 11.1 Å². The third-order valence-electron chi connectivity index (χ3n) is 7.07. The maximum absolute atomic E-state index is 8.28. The Morgan fingerprint density at radius 3 is 1.24 bits per heavy atom. The molecule has 0 aliphatic carbocycles. The smallest absolute Gasteiger partial charge is 0.159 e. The molecule has 5 aromatic rings. The summed E-state index contributed by atoms with van der Waals surface area (Å²) in [6, 6.07) is 26.8. The van der Waals surface area contributed by atoms with Crippen molar-refractivity contribution in [1.29, 1.82) is 0 Å². The van der Waals surface area contributed by atoms with Gasteiger partial charge in [-0.25, -0.2) is 0 Å². The second-order valence-electron chi connectivity index (χ2n) is 9.67. The van der Waals surface area contributed by atoms with E-state index in [2.05, 4.69) is 114 Å². The maximum Gasteiger partial charge on any atom is 1.00 e. The van der Waals surface area contributed by atoms with Crippen LogP contribution in [-0.2, 0) is 0 Å². The topological polar surface area (TPSA) is 0 Å². The summed E-state index contributed by atoms with van der Waals surface area (Å²) in [6.07, 6.45) is 0. The Labute approximate surface area is 221 Å². The fourth-order valence-electron chi connectivity index (χ4n) is 6.21. The largest absolute Gasteiger partial charge is 1.00 e. The first-order valence-corrected chi connectivity index (χ1v) is 14.7. The molecule has 5 aromatic carbocycles. The van der Waals surface area contributed by atoms with E-state index >= 15 is 0 Å². The average Bonchev–Trinajstić information content (AvgIpc) is 3.07. The van der Waals surface area contributed by atoms with Crippen LogP contribution in [0.1, 0.15) is 33.4 Å². The first kappa shape index (κ1) is 25.0. The number of aryl methyl sites for hydroxylation is 6. The predicted molar refractivity (Wildman–Crippen MR) is 149 cm³/mol. The molecule has 34 heavy (non-hydrogen) atoms. The number of fused-ring (bicyclic) bond motifs is 3. The van der Waals surface area contributed by atoms with Gasteiger partial charge in [0.05, 0.1) is 0 Å². The monoisotopic (exact) mass is 472 g/mol. The molecule has 0 nitrogen and oxygen atoms in total. The summed E-state index contributed by atoms with van der Waals surface area (Å²) in [7, 11) is -2.91. The summed E-state index contributed by atoms with van der Waals surface area (Å²) in [5.41, 5.74) is 7.75. The van der Waals surface area contributed by atoms with Gasteiger partial charge in [-0.1, -0.05) is 99.2 Å². The van der Waals surface area contributed by atoms with Crippen LogP contribution in [0.4, 0.5) is 0 Å². The molecule has 0 aromatic heterocycles. The first-order chi connectivity index (χ1) is 15.7. The standard InChI is InChI=1S/C31H30ClSi.Li/c1-19-15-21(3)29(22(4)16-19)33(32,30-23(5)17-20(2)18-24(30)6)31-27-13-9-7-11-25(27)26-12-8-10-14-28(26)31;/h7-18H,1-6H3;/q-1;+1. The van der Waals surface area contributed by atoms with Crippen molar-refractivity contribution in [2.24, 2.45) is 0 Å². The van der Waals surface area contributed by atoms with Crippen molar-refractivity contribution in [2.45, 2.75) is 41.5 Å². The number of hydrogen-bond acceptors (Lipinski definition) is 0. The van der Waals surface area contributed by atoms with Gasteiger partial charge in [0.25, 0.3) is 0 Å². The normalized spacial score (nSPS) is 11.7. The summed E-state index contributed by atoms with van der Waals surface area (Å²) in [5, 5.41) is 9.19. The Bertz CT molecular complexity index is 1390. The van der Waals surface area contributed by atoms with E-state index in [1.807, 2.05) is 0 Å². The zero-order chi connectivity index (χ0) is 23.5. The predicted octanol–water partition coefficient (Wildman–Crippen LogP) is 3.77. The summed E-state index contributed by atoms with van der Waals surface area (Å²) >= 11 is 8.28. The van der Waals surface area contributed by atoms with Gasteiger partial charge >= 0.3 is 18.9 Å². The van der Waals surface area contributed by atoms with Crippen LogP contribution in [-0.4, -0.2) is 7.38 Å². The maximum atomic E-state index is 8.28. The summed E-state index contributed by atoms with van der Waals surface area (Å²) in [4.78, 5) is 0. The summed E-state index contributed by atoms with van der Waals surface area (Å²) in [5.74, 6) is 0. The molecule has 0 aliphatic heterocycles. The second kappa shape index (κ2) is 9.14. The number of benzene rings is 4.